The molecule has 0 atom stereocenters. The molecule has 0 spiro atoms. The molecule has 4 nitrogen and oxygen atoms in total. The molecule has 2 heterocycles. The molecule has 1 aliphatic heterocycles. The minimum absolute atomic E-state index is 0.175. The summed E-state index contributed by atoms with van der Waals surface area (Å²) >= 11 is 1.45. The predicted molar refractivity (Wildman–Crippen MR) is 88.7 cm³/mol. The fraction of sp³-hybridized carbons (Fsp3) is 0.111. The van der Waals surface area contributed by atoms with Crippen LogP contribution in [0.3, 0.4) is 0 Å². The van der Waals surface area contributed by atoms with E-state index in [1.807, 2.05) is 71.7 Å². The molecule has 0 aliphatic carbocycles. The van der Waals surface area contributed by atoms with E-state index in [9.17, 15) is 4.79 Å². The van der Waals surface area contributed by atoms with Gasteiger partial charge in [0.05, 0.1) is 5.92 Å². The average molecular weight is 322 g/mol. The van der Waals surface area contributed by atoms with Crippen molar-refractivity contribution in [1.82, 2.24) is 4.57 Å². The van der Waals surface area contributed by atoms with Crippen molar-refractivity contribution in [3.8, 4) is 11.5 Å². The molecule has 5 heteroatoms. The minimum atomic E-state index is -0.432. The third kappa shape index (κ3) is 2.39. The van der Waals surface area contributed by atoms with Crippen LogP contribution in [0.4, 0.5) is 0 Å². The van der Waals surface area contributed by atoms with Gasteiger partial charge >= 0.3 is 0 Å². The molecule has 4 rings (SSSR count). The van der Waals surface area contributed by atoms with Gasteiger partial charge < -0.3 is 9.30 Å². The summed E-state index contributed by atoms with van der Waals surface area (Å²) in [6, 6.07) is 15.3. The van der Waals surface area contributed by atoms with Crippen molar-refractivity contribution >= 4 is 17.2 Å². The number of hydrogen-bond donors (Lipinski definition) is 0. The van der Waals surface area contributed by atoms with Gasteiger partial charge in [0.1, 0.15) is 11.5 Å². The standard InChI is InChI=1S/C18H14N2O2S/c1-20-10-11-23-18(20)19-17(21)16-12-6-2-4-8-14(12)22-15-9-5-3-7-13(15)16/h2-11,16H,1H3. The quantitative estimate of drug-likeness (QED) is 0.689. The molecule has 23 heavy (non-hydrogen) atoms. The Kier molecular flexibility index (Phi) is 3.35. The number of aryl methyl sites for hydroxylation is 1. The molecule has 1 aromatic heterocycles. The van der Waals surface area contributed by atoms with Crippen LogP contribution in [0.2, 0.25) is 0 Å². The van der Waals surface area contributed by atoms with Crippen LogP contribution in [0, 0.1) is 0 Å². The lowest BCUT2D eigenvalue weighted by atomic mass is 9.87. The maximum Gasteiger partial charge on any atom is 0.260 e. The van der Waals surface area contributed by atoms with E-state index in [-0.39, 0.29) is 5.91 Å². The molecule has 0 bridgehead atoms. The number of nitrogens with zero attached hydrogens (tertiary/aromatic N) is 2. The van der Waals surface area contributed by atoms with Crippen LogP contribution >= 0.6 is 11.3 Å². The predicted octanol–water partition coefficient (Wildman–Crippen LogP) is 3.45. The van der Waals surface area contributed by atoms with Crippen molar-refractivity contribution in [2.24, 2.45) is 12.0 Å². The van der Waals surface area contributed by atoms with Crippen molar-refractivity contribution in [3.63, 3.8) is 0 Å². The van der Waals surface area contributed by atoms with Gasteiger partial charge in [0.15, 0.2) is 4.80 Å². The summed E-state index contributed by atoms with van der Waals surface area (Å²) < 4.78 is 7.77. The van der Waals surface area contributed by atoms with Crippen LogP contribution < -0.4 is 9.54 Å². The van der Waals surface area contributed by atoms with Gasteiger partial charge in [-0.1, -0.05) is 36.4 Å². The molecule has 114 valence electrons. The highest BCUT2D eigenvalue weighted by Crippen LogP contribution is 2.44. The van der Waals surface area contributed by atoms with Gasteiger partial charge in [0, 0.05) is 29.8 Å². The number of benzene rings is 2. The number of aromatic nitrogens is 1. The first-order valence-electron chi connectivity index (χ1n) is 7.28. The van der Waals surface area contributed by atoms with Gasteiger partial charge in [-0.3, -0.25) is 4.79 Å². The molecule has 0 saturated carbocycles. The second-order valence-electron chi connectivity index (χ2n) is 5.36. The van der Waals surface area contributed by atoms with Crippen LogP contribution in [0.5, 0.6) is 11.5 Å². The number of amides is 1. The van der Waals surface area contributed by atoms with Crippen LogP contribution in [0.1, 0.15) is 17.0 Å². The van der Waals surface area contributed by atoms with Crippen molar-refractivity contribution in [2.75, 3.05) is 0 Å². The topological polar surface area (TPSA) is 43.6 Å². The first-order valence-corrected chi connectivity index (χ1v) is 8.16. The van der Waals surface area contributed by atoms with Crippen LogP contribution in [-0.2, 0) is 11.8 Å². The summed E-state index contributed by atoms with van der Waals surface area (Å²) in [5.41, 5.74) is 1.72. The zero-order chi connectivity index (χ0) is 15.8. The minimum Gasteiger partial charge on any atom is -0.457 e. The summed E-state index contributed by atoms with van der Waals surface area (Å²) in [7, 11) is 1.88. The van der Waals surface area contributed by atoms with E-state index in [0.717, 1.165) is 22.6 Å². The Morgan fingerprint density at radius 3 is 2.26 bits per heavy atom. The zero-order valence-corrected chi connectivity index (χ0v) is 13.3. The molecular formula is C18H14N2O2S. The van der Waals surface area contributed by atoms with E-state index in [1.54, 1.807) is 0 Å². The number of thiazole rings is 1. The van der Waals surface area contributed by atoms with Gasteiger partial charge in [0.2, 0.25) is 0 Å². The largest absolute Gasteiger partial charge is 0.457 e. The smallest absolute Gasteiger partial charge is 0.260 e. The zero-order valence-electron chi connectivity index (χ0n) is 12.5. The van der Waals surface area contributed by atoms with Crippen LogP contribution in [0.15, 0.2) is 65.1 Å². The molecule has 3 aromatic rings. The summed E-state index contributed by atoms with van der Waals surface area (Å²) in [6.45, 7) is 0. The number of carbonyl (C=O) groups excluding carboxylic acids is 1. The lowest BCUT2D eigenvalue weighted by Gasteiger charge is -2.25. The molecule has 0 radical (unpaired) electrons. The Labute approximate surface area is 137 Å². The van der Waals surface area contributed by atoms with Gasteiger partial charge in [-0.05, 0) is 12.1 Å². The lowest BCUT2D eigenvalue weighted by molar-refractivity contribution is -0.118. The summed E-state index contributed by atoms with van der Waals surface area (Å²) in [4.78, 5) is 17.9. The molecule has 0 fully saturated rings. The fourth-order valence-corrected chi connectivity index (χ4v) is 3.50. The Balaban J connectivity index is 1.88. The third-order valence-electron chi connectivity index (χ3n) is 3.89. The second kappa shape index (κ2) is 5.52. The van der Waals surface area contributed by atoms with Crippen molar-refractivity contribution < 1.29 is 9.53 Å². The number of hydrogen-bond acceptors (Lipinski definition) is 3. The lowest BCUT2D eigenvalue weighted by Crippen LogP contribution is -2.21. The molecule has 0 saturated heterocycles. The molecule has 0 unspecified atom stereocenters. The van der Waals surface area contributed by atoms with Gasteiger partial charge in [-0.25, -0.2) is 0 Å². The Hall–Kier alpha value is -2.66. The average Bonchev–Trinajstić information content (AvgIpc) is 2.97. The van der Waals surface area contributed by atoms with Crippen molar-refractivity contribution in [3.05, 3.63) is 76.0 Å². The molecule has 0 N–H and O–H groups in total. The van der Waals surface area contributed by atoms with Crippen LogP contribution in [-0.4, -0.2) is 10.5 Å². The number of carbonyl (C=O) groups is 1. The number of fused-ring (bicyclic) bond motifs is 2. The molecule has 1 aliphatic rings. The maximum atomic E-state index is 12.9. The molecule has 1 amide bonds. The van der Waals surface area contributed by atoms with Gasteiger partial charge in [-0.2, -0.15) is 4.99 Å². The number of ether oxygens (including phenoxy) is 1. The SMILES string of the molecule is Cn1ccsc1=NC(=O)C1c2ccccc2Oc2ccccc21. The summed E-state index contributed by atoms with van der Waals surface area (Å²) in [6.07, 6.45) is 1.89. The Morgan fingerprint density at radius 2 is 1.70 bits per heavy atom. The highest BCUT2D eigenvalue weighted by molar-refractivity contribution is 7.07. The fourth-order valence-electron chi connectivity index (χ4n) is 2.77. The number of rotatable bonds is 1. The highest BCUT2D eigenvalue weighted by atomic mass is 32.1. The van der Waals surface area contributed by atoms with Crippen molar-refractivity contribution in [2.45, 2.75) is 5.92 Å². The van der Waals surface area contributed by atoms with E-state index >= 15 is 0 Å². The summed E-state index contributed by atoms with van der Waals surface area (Å²) in [5, 5.41) is 1.91. The summed E-state index contributed by atoms with van der Waals surface area (Å²) in [5.74, 6) is 0.829. The van der Waals surface area contributed by atoms with E-state index in [1.165, 1.54) is 11.3 Å². The maximum absolute atomic E-state index is 12.9. The highest BCUT2D eigenvalue weighted by Gasteiger charge is 2.32. The molecular weight excluding hydrogens is 308 g/mol. The van der Waals surface area contributed by atoms with Crippen LogP contribution in [0.25, 0.3) is 0 Å². The van der Waals surface area contributed by atoms with Gasteiger partial charge in [0.25, 0.3) is 5.91 Å². The number of para-hydroxylation sites is 2. The normalized spacial score (nSPS) is 14.0. The first-order chi connectivity index (χ1) is 11.2. The van der Waals surface area contributed by atoms with E-state index in [2.05, 4.69) is 4.99 Å². The Bertz CT molecular complexity index is 910. The first kappa shape index (κ1) is 14.0. The van der Waals surface area contributed by atoms with E-state index in [4.69, 9.17) is 4.74 Å². The Morgan fingerprint density at radius 1 is 1.09 bits per heavy atom. The van der Waals surface area contributed by atoms with E-state index in [0.29, 0.717) is 4.80 Å². The second-order valence-corrected chi connectivity index (χ2v) is 6.23. The third-order valence-corrected chi connectivity index (χ3v) is 4.74. The monoisotopic (exact) mass is 322 g/mol. The molecule has 2 aromatic carbocycles. The van der Waals surface area contributed by atoms with Gasteiger partial charge in [-0.15, -0.1) is 11.3 Å². The van der Waals surface area contributed by atoms with Crippen molar-refractivity contribution in [1.29, 1.82) is 0 Å². The van der Waals surface area contributed by atoms with E-state index < -0.39 is 5.92 Å².